The second-order valence-corrected chi connectivity index (χ2v) is 10.7. The molecule has 3 aromatic carbocycles. The lowest BCUT2D eigenvalue weighted by atomic mass is 10.1. The lowest BCUT2D eigenvalue weighted by molar-refractivity contribution is 0.0697. The van der Waals surface area contributed by atoms with Gasteiger partial charge in [0.05, 0.1) is 16.8 Å². The zero-order chi connectivity index (χ0) is 24.5. The van der Waals surface area contributed by atoms with Crippen LogP contribution in [0.1, 0.15) is 32.7 Å². The van der Waals surface area contributed by atoms with E-state index in [9.17, 15) is 13.2 Å². The minimum Gasteiger partial charge on any atom is -0.478 e. The molecule has 0 aliphatic carbocycles. The van der Waals surface area contributed by atoms with Crippen LogP contribution < -0.4 is 0 Å². The van der Waals surface area contributed by atoms with Crippen LogP contribution in [0.25, 0.3) is 17.0 Å². The number of aromatic nitrogens is 1. The van der Waals surface area contributed by atoms with E-state index in [1.165, 1.54) is 16.1 Å². The van der Waals surface area contributed by atoms with Crippen LogP contribution in [0.5, 0.6) is 0 Å². The van der Waals surface area contributed by atoms with E-state index in [1.807, 2.05) is 19.1 Å². The molecule has 0 saturated heterocycles. The summed E-state index contributed by atoms with van der Waals surface area (Å²) in [5.74, 6) is -1.22. The molecule has 34 heavy (non-hydrogen) atoms. The Bertz CT molecular complexity index is 1520. The highest BCUT2D eigenvalue weighted by Crippen LogP contribution is 2.27. The average Bonchev–Trinajstić information content (AvgIpc) is 3.14. The minimum atomic E-state index is -3.75. The molecule has 0 radical (unpaired) electrons. The zero-order valence-corrected chi connectivity index (χ0v) is 20.5. The van der Waals surface area contributed by atoms with E-state index in [0.29, 0.717) is 33.1 Å². The molecule has 0 amide bonds. The number of hydrogen-bond donors (Lipinski definition) is 1. The van der Waals surface area contributed by atoms with Crippen LogP contribution in [0.3, 0.4) is 0 Å². The summed E-state index contributed by atoms with van der Waals surface area (Å²) >= 11 is 12.2. The fraction of sp³-hybridized carbons (Fsp3) is 0.115. The van der Waals surface area contributed by atoms with E-state index < -0.39 is 16.0 Å². The quantitative estimate of drug-likeness (QED) is 0.308. The highest BCUT2D eigenvalue weighted by atomic mass is 35.5. The molecule has 1 N–H and O–H groups in total. The summed E-state index contributed by atoms with van der Waals surface area (Å²) in [7, 11) is -3.75. The van der Waals surface area contributed by atoms with E-state index in [-0.39, 0.29) is 11.3 Å². The molecular weight excluding hydrogens is 493 g/mol. The van der Waals surface area contributed by atoms with Crippen molar-refractivity contribution in [2.75, 3.05) is 5.75 Å². The maximum Gasteiger partial charge on any atom is 0.335 e. The Kier molecular flexibility index (Phi) is 6.84. The van der Waals surface area contributed by atoms with Crippen LogP contribution in [0.15, 0.2) is 72.8 Å². The molecular formula is C26H21Cl2NO4S. The van der Waals surface area contributed by atoms with Crippen molar-refractivity contribution in [1.29, 1.82) is 0 Å². The first-order chi connectivity index (χ1) is 16.1. The van der Waals surface area contributed by atoms with Crippen molar-refractivity contribution in [3.8, 4) is 0 Å². The van der Waals surface area contributed by atoms with Crippen LogP contribution in [-0.2, 0) is 16.4 Å². The first kappa shape index (κ1) is 24.1. The summed E-state index contributed by atoms with van der Waals surface area (Å²) in [6.07, 6.45) is 3.68. The monoisotopic (exact) mass is 513 g/mol. The summed E-state index contributed by atoms with van der Waals surface area (Å²) in [5, 5.41) is 11.0. The summed E-state index contributed by atoms with van der Waals surface area (Å²) in [5.41, 5.74) is 3.85. The zero-order valence-electron chi connectivity index (χ0n) is 18.2. The van der Waals surface area contributed by atoms with Gasteiger partial charge < -0.3 is 5.11 Å². The highest BCUT2D eigenvalue weighted by Gasteiger charge is 2.20. The Labute approximate surface area is 207 Å². The smallest absolute Gasteiger partial charge is 0.335 e. The second kappa shape index (κ2) is 9.66. The summed E-state index contributed by atoms with van der Waals surface area (Å²) in [6, 6.07) is 18.8. The van der Waals surface area contributed by atoms with Crippen LogP contribution in [0, 0.1) is 6.92 Å². The second-order valence-electron chi connectivity index (χ2n) is 7.97. The maximum absolute atomic E-state index is 13.4. The summed E-state index contributed by atoms with van der Waals surface area (Å²) in [6.45, 7) is 1.89. The SMILES string of the molecule is Cc1cc(C=CCS(=O)(=O)n2c(Cc3ccc(C(=O)O)cc3)cc3cc(Cl)ccc32)ccc1Cl. The minimum absolute atomic E-state index is 0.172. The van der Waals surface area contributed by atoms with Crippen molar-refractivity contribution in [3.63, 3.8) is 0 Å². The van der Waals surface area contributed by atoms with Gasteiger partial charge in [0.2, 0.25) is 10.0 Å². The first-order valence-corrected chi connectivity index (χ1v) is 12.8. The third-order valence-electron chi connectivity index (χ3n) is 5.45. The molecule has 0 saturated carbocycles. The number of nitrogens with zero attached hydrogens (tertiary/aromatic N) is 1. The van der Waals surface area contributed by atoms with Gasteiger partial charge >= 0.3 is 5.97 Å². The van der Waals surface area contributed by atoms with Gasteiger partial charge in [-0.25, -0.2) is 17.2 Å². The number of aryl methyl sites for hydroxylation is 1. The fourth-order valence-corrected chi connectivity index (χ4v) is 5.52. The number of rotatable bonds is 7. The molecule has 5 nitrogen and oxygen atoms in total. The van der Waals surface area contributed by atoms with Gasteiger partial charge in [-0.2, -0.15) is 0 Å². The predicted octanol–water partition coefficient (Wildman–Crippen LogP) is 6.44. The number of carboxylic acid groups (broad SMARTS) is 1. The Morgan fingerprint density at radius 1 is 1.00 bits per heavy atom. The molecule has 0 aliphatic heterocycles. The first-order valence-electron chi connectivity index (χ1n) is 10.4. The molecule has 0 aliphatic rings. The lowest BCUT2D eigenvalue weighted by Crippen LogP contribution is -2.18. The Hall–Kier alpha value is -3.06. The van der Waals surface area contributed by atoms with Gasteiger partial charge in [0.15, 0.2) is 0 Å². The fourth-order valence-electron chi connectivity index (χ4n) is 3.80. The van der Waals surface area contributed by atoms with Gasteiger partial charge in [-0.05, 0) is 66.1 Å². The largest absolute Gasteiger partial charge is 0.478 e. The number of halogens is 2. The molecule has 1 aromatic heterocycles. The number of hydrogen-bond acceptors (Lipinski definition) is 3. The Morgan fingerprint density at radius 2 is 1.74 bits per heavy atom. The van der Waals surface area contributed by atoms with Crippen molar-refractivity contribution < 1.29 is 18.3 Å². The van der Waals surface area contributed by atoms with Gasteiger partial charge in [-0.3, -0.25) is 0 Å². The van der Waals surface area contributed by atoms with Crippen LogP contribution in [-0.4, -0.2) is 29.2 Å². The van der Waals surface area contributed by atoms with E-state index >= 15 is 0 Å². The standard InChI is InChI=1S/C26H21Cl2NO4S/c1-17-13-18(6-10-24(17)28)3-2-12-34(32,33)29-23(16-21-15-22(27)9-11-25(21)29)14-19-4-7-20(8-5-19)26(30)31/h2-11,13,15-16H,12,14H2,1H3,(H,30,31). The van der Waals surface area contributed by atoms with Crippen molar-refractivity contribution in [2.24, 2.45) is 0 Å². The molecule has 8 heteroatoms. The molecule has 4 aromatic rings. The van der Waals surface area contributed by atoms with Gasteiger partial charge in [0.1, 0.15) is 0 Å². The Balaban J connectivity index is 1.69. The molecule has 174 valence electrons. The van der Waals surface area contributed by atoms with Crippen molar-refractivity contribution in [1.82, 2.24) is 3.97 Å². The van der Waals surface area contributed by atoms with E-state index in [0.717, 1.165) is 16.7 Å². The molecule has 0 bridgehead atoms. The third kappa shape index (κ3) is 5.20. The highest BCUT2D eigenvalue weighted by molar-refractivity contribution is 7.90. The average molecular weight is 514 g/mol. The topological polar surface area (TPSA) is 76.4 Å². The van der Waals surface area contributed by atoms with Crippen molar-refractivity contribution >= 4 is 56.2 Å². The van der Waals surface area contributed by atoms with E-state index in [4.69, 9.17) is 28.3 Å². The summed E-state index contributed by atoms with van der Waals surface area (Å²) in [4.78, 5) is 11.1. The van der Waals surface area contributed by atoms with Gasteiger partial charge in [-0.15, -0.1) is 0 Å². The number of benzene rings is 3. The van der Waals surface area contributed by atoms with E-state index in [1.54, 1.807) is 54.6 Å². The Morgan fingerprint density at radius 3 is 2.41 bits per heavy atom. The van der Waals surface area contributed by atoms with Crippen molar-refractivity contribution in [3.05, 3.63) is 111 Å². The van der Waals surface area contributed by atoms with Crippen LogP contribution >= 0.6 is 23.2 Å². The number of carbonyl (C=O) groups is 1. The molecule has 0 atom stereocenters. The molecule has 1 heterocycles. The third-order valence-corrected chi connectivity index (χ3v) is 7.72. The van der Waals surface area contributed by atoms with Gasteiger partial charge in [-0.1, -0.05) is 59.6 Å². The summed E-state index contributed by atoms with van der Waals surface area (Å²) < 4.78 is 28.2. The molecule has 0 fully saturated rings. The lowest BCUT2D eigenvalue weighted by Gasteiger charge is -2.11. The number of carboxylic acids is 1. The normalized spacial score (nSPS) is 12.0. The maximum atomic E-state index is 13.4. The number of aromatic carboxylic acids is 1. The van der Waals surface area contributed by atoms with Crippen molar-refractivity contribution in [2.45, 2.75) is 13.3 Å². The number of fused-ring (bicyclic) bond motifs is 1. The van der Waals surface area contributed by atoms with E-state index in [2.05, 4.69) is 0 Å². The molecule has 0 unspecified atom stereocenters. The molecule has 4 rings (SSSR count). The van der Waals surface area contributed by atoms with Crippen LogP contribution in [0.4, 0.5) is 0 Å². The predicted molar refractivity (Wildman–Crippen MR) is 138 cm³/mol. The van der Waals surface area contributed by atoms with Gasteiger partial charge in [0.25, 0.3) is 0 Å². The van der Waals surface area contributed by atoms with Gasteiger partial charge in [0, 0.05) is 27.5 Å². The van der Waals surface area contributed by atoms with Crippen LogP contribution in [0.2, 0.25) is 10.0 Å². The molecule has 0 spiro atoms.